The molecular formula is C15H13NO3. The highest BCUT2D eigenvalue weighted by molar-refractivity contribution is 6.09. The van der Waals surface area contributed by atoms with Gasteiger partial charge in [0.05, 0.1) is 0 Å². The molecule has 2 aromatic carbocycles. The lowest BCUT2D eigenvalue weighted by Crippen LogP contribution is -2.27. The summed E-state index contributed by atoms with van der Waals surface area (Å²) in [5, 5.41) is 13.0. The maximum atomic E-state index is 12.1. The van der Waals surface area contributed by atoms with Crippen molar-refractivity contribution < 1.29 is 14.7 Å². The molecule has 0 aliphatic rings. The summed E-state index contributed by atoms with van der Waals surface area (Å²) in [7, 11) is 0. The average Bonchev–Trinajstić information content (AvgIpc) is 2.43. The van der Waals surface area contributed by atoms with Crippen molar-refractivity contribution in [1.82, 2.24) is 5.32 Å². The standard InChI is InChI=1S/C15H13NO3/c1-2-13(15(18)19)16-14(17)12-9-5-7-10-6-3-4-8-11(10)12/h2-9H,1H3,(H,16,17)(H,18,19)/b13-2+. The number of benzene rings is 2. The van der Waals surface area contributed by atoms with E-state index < -0.39 is 11.9 Å². The minimum Gasteiger partial charge on any atom is -0.477 e. The van der Waals surface area contributed by atoms with Gasteiger partial charge in [-0.15, -0.1) is 0 Å². The van der Waals surface area contributed by atoms with Gasteiger partial charge >= 0.3 is 5.97 Å². The molecule has 0 aliphatic carbocycles. The van der Waals surface area contributed by atoms with Crippen molar-refractivity contribution in [1.29, 1.82) is 0 Å². The smallest absolute Gasteiger partial charge is 0.352 e. The third kappa shape index (κ3) is 2.63. The van der Waals surface area contributed by atoms with Gasteiger partial charge in [-0.05, 0) is 23.8 Å². The molecule has 2 N–H and O–H groups in total. The molecule has 0 bridgehead atoms. The zero-order chi connectivity index (χ0) is 13.8. The number of fused-ring (bicyclic) bond motifs is 1. The fraction of sp³-hybridized carbons (Fsp3) is 0.0667. The SMILES string of the molecule is C/C=C(/NC(=O)c1cccc2ccccc12)C(=O)O. The van der Waals surface area contributed by atoms with Gasteiger partial charge in [-0.25, -0.2) is 4.79 Å². The van der Waals surface area contributed by atoms with Gasteiger partial charge in [0, 0.05) is 5.56 Å². The topological polar surface area (TPSA) is 66.4 Å². The van der Waals surface area contributed by atoms with Crippen molar-refractivity contribution >= 4 is 22.6 Å². The van der Waals surface area contributed by atoms with E-state index in [0.29, 0.717) is 5.56 Å². The summed E-state index contributed by atoms with van der Waals surface area (Å²) in [5.74, 6) is -1.58. The third-order valence-electron chi connectivity index (χ3n) is 2.80. The van der Waals surface area contributed by atoms with Crippen LogP contribution in [-0.2, 0) is 4.79 Å². The minimum atomic E-state index is -1.16. The minimum absolute atomic E-state index is 0.127. The van der Waals surface area contributed by atoms with Gasteiger partial charge in [0.15, 0.2) is 0 Å². The second kappa shape index (κ2) is 5.35. The molecule has 0 heterocycles. The van der Waals surface area contributed by atoms with Crippen molar-refractivity contribution in [2.75, 3.05) is 0 Å². The first-order valence-electron chi connectivity index (χ1n) is 5.82. The summed E-state index contributed by atoms with van der Waals surface area (Å²) in [6.07, 6.45) is 1.35. The van der Waals surface area contributed by atoms with Crippen LogP contribution in [0.1, 0.15) is 17.3 Å². The number of rotatable bonds is 3. The first-order valence-corrected chi connectivity index (χ1v) is 5.82. The lowest BCUT2D eigenvalue weighted by molar-refractivity contribution is -0.133. The van der Waals surface area contributed by atoms with Gasteiger partial charge in [0.2, 0.25) is 0 Å². The predicted octanol–water partition coefficient (Wildman–Crippen LogP) is 2.56. The van der Waals surface area contributed by atoms with Crippen LogP contribution >= 0.6 is 0 Å². The van der Waals surface area contributed by atoms with Crippen LogP contribution in [0, 0.1) is 0 Å². The molecule has 1 amide bonds. The highest BCUT2D eigenvalue weighted by Gasteiger charge is 2.14. The lowest BCUT2D eigenvalue weighted by atomic mass is 10.0. The van der Waals surface area contributed by atoms with Crippen LogP contribution in [0.25, 0.3) is 10.8 Å². The Balaban J connectivity index is 2.40. The number of amides is 1. The van der Waals surface area contributed by atoms with E-state index in [2.05, 4.69) is 5.32 Å². The van der Waals surface area contributed by atoms with Crippen molar-refractivity contribution in [3.05, 3.63) is 59.8 Å². The van der Waals surface area contributed by atoms with E-state index in [1.54, 1.807) is 19.1 Å². The van der Waals surface area contributed by atoms with Crippen LogP contribution < -0.4 is 5.32 Å². The molecule has 96 valence electrons. The lowest BCUT2D eigenvalue weighted by Gasteiger charge is -2.08. The van der Waals surface area contributed by atoms with Crippen molar-refractivity contribution in [3.8, 4) is 0 Å². The molecule has 0 radical (unpaired) electrons. The van der Waals surface area contributed by atoms with Gasteiger partial charge in [-0.3, -0.25) is 4.79 Å². The highest BCUT2D eigenvalue weighted by atomic mass is 16.4. The Kier molecular flexibility index (Phi) is 3.61. The van der Waals surface area contributed by atoms with Crippen LogP contribution in [0.4, 0.5) is 0 Å². The molecule has 0 aromatic heterocycles. The van der Waals surface area contributed by atoms with Crippen molar-refractivity contribution in [3.63, 3.8) is 0 Å². The number of aliphatic carboxylic acids is 1. The van der Waals surface area contributed by atoms with E-state index in [-0.39, 0.29) is 5.70 Å². The van der Waals surface area contributed by atoms with Crippen LogP contribution in [0.2, 0.25) is 0 Å². The maximum Gasteiger partial charge on any atom is 0.352 e. The van der Waals surface area contributed by atoms with Gasteiger partial charge in [-0.2, -0.15) is 0 Å². The Bertz CT molecular complexity index is 669. The fourth-order valence-corrected chi connectivity index (χ4v) is 1.86. The fourth-order valence-electron chi connectivity index (χ4n) is 1.86. The van der Waals surface area contributed by atoms with Gasteiger partial charge < -0.3 is 10.4 Å². The molecule has 2 rings (SSSR count). The van der Waals surface area contributed by atoms with E-state index in [1.807, 2.05) is 30.3 Å². The summed E-state index contributed by atoms with van der Waals surface area (Å²) in [4.78, 5) is 23.0. The number of carbonyl (C=O) groups is 2. The highest BCUT2D eigenvalue weighted by Crippen LogP contribution is 2.18. The van der Waals surface area contributed by atoms with E-state index in [0.717, 1.165) is 10.8 Å². The molecule has 4 nitrogen and oxygen atoms in total. The van der Waals surface area contributed by atoms with E-state index in [9.17, 15) is 9.59 Å². The van der Waals surface area contributed by atoms with Crippen LogP contribution in [-0.4, -0.2) is 17.0 Å². The second-order valence-electron chi connectivity index (χ2n) is 3.99. The molecule has 0 saturated heterocycles. The first kappa shape index (κ1) is 12.8. The Morgan fingerprint density at radius 2 is 1.79 bits per heavy atom. The van der Waals surface area contributed by atoms with Gasteiger partial charge in [-0.1, -0.05) is 42.5 Å². The maximum absolute atomic E-state index is 12.1. The summed E-state index contributed by atoms with van der Waals surface area (Å²) < 4.78 is 0. The molecule has 0 fully saturated rings. The van der Waals surface area contributed by atoms with Gasteiger partial charge in [0.1, 0.15) is 5.70 Å². The number of hydrogen-bond acceptors (Lipinski definition) is 2. The van der Waals surface area contributed by atoms with Crippen LogP contribution in [0.15, 0.2) is 54.2 Å². The molecule has 2 aromatic rings. The van der Waals surface area contributed by atoms with Gasteiger partial charge in [0.25, 0.3) is 5.91 Å². The quantitative estimate of drug-likeness (QED) is 0.828. The van der Waals surface area contributed by atoms with Crippen LogP contribution in [0.3, 0.4) is 0 Å². The summed E-state index contributed by atoms with van der Waals surface area (Å²) in [6, 6.07) is 12.8. The molecular weight excluding hydrogens is 242 g/mol. The number of carbonyl (C=O) groups excluding carboxylic acids is 1. The Morgan fingerprint density at radius 3 is 2.47 bits per heavy atom. The first-order chi connectivity index (χ1) is 9.13. The number of allylic oxidation sites excluding steroid dienone is 1. The molecule has 0 spiro atoms. The third-order valence-corrected chi connectivity index (χ3v) is 2.80. The summed E-state index contributed by atoms with van der Waals surface area (Å²) >= 11 is 0. The number of carboxylic acid groups (broad SMARTS) is 1. The Morgan fingerprint density at radius 1 is 1.11 bits per heavy atom. The number of hydrogen-bond donors (Lipinski definition) is 2. The summed E-state index contributed by atoms with van der Waals surface area (Å²) in [6.45, 7) is 1.56. The normalized spacial score (nSPS) is 11.3. The molecule has 0 unspecified atom stereocenters. The summed E-state index contributed by atoms with van der Waals surface area (Å²) in [5.41, 5.74) is 0.330. The van der Waals surface area contributed by atoms with Crippen molar-refractivity contribution in [2.45, 2.75) is 6.92 Å². The zero-order valence-electron chi connectivity index (χ0n) is 10.4. The van der Waals surface area contributed by atoms with E-state index in [1.165, 1.54) is 6.08 Å². The molecule has 0 saturated carbocycles. The van der Waals surface area contributed by atoms with Crippen molar-refractivity contribution in [2.24, 2.45) is 0 Å². The average molecular weight is 255 g/mol. The van der Waals surface area contributed by atoms with Crippen LogP contribution in [0.5, 0.6) is 0 Å². The Hall–Kier alpha value is -2.62. The molecule has 4 heteroatoms. The molecule has 0 atom stereocenters. The number of carboxylic acids is 1. The largest absolute Gasteiger partial charge is 0.477 e. The molecule has 19 heavy (non-hydrogen) atoms. The molecule has 0 aliphatic heterocycles. The van der Waals surface area contributed by atoms with E-state index in [4.69, 9.17) is 5.11 Å². The Labute approximate surface area is 110 Å². The second-order valence-corrected chi connectivity index (χ2v) is 3.99. The van der Waals surface area contributed by atoms with E-state index >= 15 is 0 Å². The number of nitrogens with one attached hydrogen (secondary N) is 1. The zero-order valence-corrected chi connectivity index (χ0v) is 10.4. The predicted molar refractivity (Wildman–Crippen MR) is 72.8 cm³/mol. The monoisotopic (exact) mass is 255 g/mol.